The molecule has 2 atom stereocenters. The number of hydrogen-bond donors (Lipinski definition) is 1. The second kappa shape index (κ2) is 5.82. The highest BCUT2D eigenvalue weighted by Crippen LogP contribution is 2.18. The fraction of sp³-hybridized carbons (Fsp3) is 0.909. The van der Waals surface area contributed by atoms with Crippen LogP contribution in [0.4, 0.5) is 0 Å². The molecule has 0 aromatic heterocycles. The van der Waals surface area contributed by atoms with E-state index in [4.69, 9.17) is 0 Å². The molecule has 0 unspecified atom stereocenters. The Bertz CT molecular complexity index is 367. The molecule has 0 radical (unpaired) electrons. The van der Waals surface area contributed by atoms with Crippen molar-refractivity contribution in [3.05, 3.63) is 0 Å². The molecule has 1 saturated heterocycles. The number of nitrogens with one attached hydrogen (secondary N) is 1. The minimum Gasteiger partial charge on any atom is -0.353 e. The quantitative estimate of drug-likeness (QED) is 0.805. The summed E-state index contributed by atoms with van der Waals surface area (Å²) < 4.78 is 24.3. The molecule has 0 aliphatic carbocycles. The van der Waals surface area contributed by atoms with E-state index in [1.165, 1.54) is 10.6 Å². The van der Waals surface area contributed by atoms with Crippen molar-refractivity contribution in [3.63, 3.8) is 0 Å². The van der Waals surface area contributed by atoms with Gasteiger partial charge in [0.25, 0.3) is 0 Å². The van der Waals surface area contributed by atoms with E-state index >= 15 is 0 Å². The van der Waals surface area contributed by atoms with Crippen molar-refractivity contribution in [2.45, 2.75) is 39.2 Å². The van der Waals surface area contributed by atoms with Crippen LogP contribution in [0.15, 0.2) is 0 Å². The summed E-state index contributed by atoms with van der Waals surface area (Å²) in [6, 6.07) is 0.149. The van der Waals surface area contributed by atoms with Crippen LogP contribution in [0.5, 0.6) is 0 Å². The van der Waals surface area contributed by atoms with Gasteiger partial charge >= 0.3 is 0 Å². The summed E-state index contributed by atoms with van der Waals surface area (Å²) in [6.45, 7) is 4.82. The van der Waals surface area contributed by atoms with Crippen LogP contribution in [0, 0.1) is 5.92 Å². The van der Waals surface area contributed by atoms with Crippen LogP contribution in [0.25, 0.3) is 0 Å². The highest BCUT2D eigenvalue weighted by atomic mass is 32.2. The van der Waals surface area contributed by atoms with Gasteiger partial charge in [-0.25, -0.2) is 12.7 Å². The van der Waals surface area contributed by atoms with Gasteiger partial charge in [0.2, 0.25) is 15.9 Å². The first-order valence-corrected chi connectivity index (χ1v) is 7.95. The van der Waals surface area contributed by atoms with Crippen molar-refractivity contribution in [1.82, 2.24) is 9.62 Å². The number of carbonyl (C=O) groups excluding carboxylic acids is 1. The molecule has 6 heteroatoms. The monoisotopic (exact) mass is 262 g/mol. The van der Waals surface area contributed by atoms with E-state index in [2.05, 4.69) is 5.32 Å². The normalized spacial score (nSPS) is 24.3. The molecule has 0 saturated carbocycles. The summed E-state index contributed by atoms with van der Waals surface area (Å²) in [7, 11) is -3.17. The lowest BCUT2D eigenvalue weighted by Gasteiger charge is -2.30. The Labute approximate surface area is 104 Å². The summed E-state index contributed by atoms with van der Waals surface area (Å²) in [5.74, 6) is -0.222. The highest BCUT2D eigenvalue weighted by Gasteiger charge is 2.30. The molecular weight excluding hydrogens is 240 g/mol. The van der Waals surface area contributed by atoms with E-state index in [1.807, 2.05) is 13.8 Å². The van der Waals surface area contributed by atoms with E-state index < -0.39 is 10.0 Å². The topological polar surface area (TPSA) is 66.5 Å². The fourth-order valence-corrected chi connectivity index (χ4v) is 2.83. The molecule has 0 bridgehead atoms. The smallest absolute Gasteiger partial charge is 0.224 e. The van der Waals surface area contributed by atoms with Crippen molar-refractivity contribution in [2.24, 2.45) is 5.92 Å². The van der Waals surface area contributed by atoms with Crippen LogP contribution in [-0.2, 0) is 14.8 Å². The Morgan fingerprint density at radius 3 is 2.71 bits per heavy atom. The zero-order valence-corrected chi connectivity index (χ0v) is 11.6. The lowest BCUT2D eigenvalue weighted by molar-refractivity contribution is -0.126. The third-order valence-corrected chi connectivity index (χ3v) is 4.49. The number of nitrogens with zero attached hydrogens (tertiary/aromatic N) is 1. The Morgan fingerprint density at radius 2 is 2.18 bits per heavy atom. The number of rotatable bonds is 4. The first-order valence-electron chi connectivity index (χ1n) is 6.10. The van der Waals surface area contributed by atoms with E-state index in [0.29, 0.717) is 13.1 Å². The fourth-order valence-electron chi connectivity index (χ4n) is 1.92. The first kappa shape index (κ1) is 14.4. The minimum atomic E-state index is -3.17. The molecule has 0 aromatic carbocycles. The molecule has 1 aliphatic heterocycles. The largest absolute Gasteiger partial charge is 0.353 e. The molecule has 0 spiro atoms. The van der Waals surface area contributed by atoms with Crippen LogP contribution in [0.1, 0.15) is 33.1 Å². The van der Waals surface area contributed by atoms with E-state index in [9.17, 15) is 13.2 Å². The lowest BCUT2D eigenvalue weighted by atomic mass is 9.98. The van der Waals surface area contributed by atoms with Gasteiger partial charge in [-0.05, 0) is 26.2 Å². The maximum Gasteiger partial charge on any atom is 0.224 e. The molecule has 1 fully saturated rings. The Kier molecular flexibility index (Phi) is 4.94. The molecule has 100 valence electrons. The van der Waals surface area contributed by atoms with Gasteiger partial charge in [-0.2, -0.15) is 0 Å². The third-order valence-electron chi connectivity index (χ3n) is 3.22. The van der Waals surface area contributed by atoms with Crippen molar-refractivity contribution in [2.75, 3.05) is 19.3 Å². The van der Waals surface area contributed by atoms with Crippen LogP contribution < -0.4 is 5.32 Å². The zero-order valence-electron chi connectivity index (χ0n) is 10.8. The van der Waals surface area contributed by atoms with Crippen LogP contribution >= 0.6 is 0 Å². The van der Waals surface area contributed by atoms with Crippen LogP contribution in [-0.4, -0.2) is 44.0 Å². The van der Waals surface area contributed by atoms with Gasteiger partial charge in [0.15, 0.2) is 0 Å². The van der Waals surface area contributed by atoms with E-state index in [1.54, 1.807) is 0 Å². The summed E-state index contributed by atoms with van der Waals surface area (Å²) in [4.78, 5) is 11.9. The molecular formula is C11H22N2O3S. The predicted molar refractivity (Wildman–Crippen MR) is 67.0 cm³/mol. The van der Waals surface area contributed by atoms with Gasteiger partial charge in [-0.1, -0.05) is 6.92 Å². The van der Waals surface area contributed by atoms with E-state index in [0.717, 1.165) is 19.3 Å². The number of piperidine rings is 1. The van der Waals surface area contributed by atoms with Crippen LogP contribution in [0.3, 0.4) is 0 Å². The van der Waals surface area contributed by atoms with Gasteiger partial charge in [0.1, 0.15) is 0 Å². The SMILES string of the molecule is CC[C@H](C)NC(=O)[C@H]1CCCN(S(C)(=O)=O)C1. The Morgan fingerprint density at radius 1 is 1.53 bits per heavy atom. The number of hydrogen-bond acceptors (Lipinski definition) is 3. The zero-order chi connectivity index (χ0) is 13.1. The van der Waals surface area contributed by atoms with E-state index in [-0.39, 0.29) is 17.9 Å². The van der Waals surface area contributed by atoms with Gasteiger partial charge in [-0.15, -0.1) is 0 Å². The molecule has 1 N–H and O–H groups in total. The molecule has 5 nitrogen and oxygen atoms in total. The minimum absolute atomic E-state index is 0.0206. The molecule has 1 heterocycles. The molecule has 1 aliphatic rings. The maximum atomic E-state index is 11.9. The first-order chi connectivity index (χ1) is 7.84. The van der Waals surface area contributed by atoms with Gasteiger partial charge in [0, 0.05) is 19.1 Å². The average Bonchev–Trinajstić information content (AvgIpc) is 2.28. The third kappa shape index (κ3) is 4.27. The lowest BCUT2D eigenvalue weighted by Crippen LogP contribution is -2.46. The van der Waals surface area contributed by atoms with Crippen LogP contribution in [0.2, 0.25) is 0 Å². The van der Waals surface area contributed by atoms with Gasteiger partial charge in [-0.3, -0.25) is 4.79 Å². The van der Waals surface area contributed by atoms with Gasteiger partial charge < -0.3 is 5.32 Å². The Balaban J connectivity index is 2.58. The maximum absolute atomic E-state index is 11.9. The second-order valence-corrected chi connectivity index (χ2v) is 6.76. The predicted octanol–water partition coefficient (Wildman–Crippen LogP) is 0.573. The molecule has 17 heavy (non-hydrogen) atoms. The summed E-state index contributed by atoms with van der Waals surface area (Å²) >= 11 is 0. The van der Waals surface area contributed by atoms with Crippen molar-refractivity contribution < 1.29 is 13.2 Å². The molecule has 1 rings (SSSR count). The van der Waals surface area contributed by atoms with Gasteiger partial charge in [0.05, 0.1) is 12.2 Å². The van der Waals surface area contributed by atoms with Crippen molar-refractivity contribution >= 4 is 15.9 Å². The summed E-state index contributed by atoms with van der Waals surface area (Å²) in [5.41, 5.74) is 0. The summed E-state index contributed by atoms with van der Waals surface area (Å²) in [6.07, 6.45) is 3.61. The highest BCUT2D eigenvalue weighted by molar-refractivity contribution is 7.88. The summed E-state index contributed by atoms with van der Waals surface area (Å²) in [5, 5.41) is 2.91. The molecule has 1 amide bonds. The Hall–Kier alpha value is -0.620. The number of sulfonamides is 1. The van der Waals surface area contributed by atoms with Crippen molar-refractivity contribution in [1.29, 1.82) is 0 Å². The second-order valence-electron chi connectivity index (χ2n) is 4.78. The standard InChI is InChI=1S/C11H22N2O3S/c1-4-9(2)12-11(14)10-6-5-7-13(8-10)17(3,15)16/h9-10H,4-8H2,1-3H3,(H,12,14)/t9-,10-/m0/s1. The average molecular weight is 262 g/mol. The number of amides is 1. The van der Waals surface area contributed by atoms with Crippen molar-refractivity contribution in [3.8, 4) is 0 Å². The number of carbonyl (C=O) groups is 1. The molecule has 0 aromatic rings.